The molecule has 3 rings (SSSR count). The highest BCUT2D eigenvalue weighted by molar-refractivity contribution is 6.42. The summed E-state index contributed by atoms with van der Waals surface area (Å²) in [5.41, 5.74) is 1.55. The van der Waals surface area contributed by atoms with Gasteiger partial charge in [0.05, 0.1) is 42.0 Å². The van der Waals surface area contributed by atoms with Gasteiger partial charge in [-0.2, -0.15) is 0 Å². The normalized spacial score (nSPS) is 15.8. The second-order valence-corrected chi connectivity index (χ2v) is 7.48. The molecule has 1 aromatic carbocycles. The van der Waals surface area contributed by atoms with Crippen LogP contribution in [0.1, 0.15) is 24.8 Å². The highest BCUT2D eigenvalue weighted by Crippen LogP contribution is 2.44. The number of halogens is 2. The summed E-state index contributed by atoms with van der Waals surface area (Å²) in [4.78, 5) is 28.1. The maximum atomic E-state index is 12.1. The molecule has 9 nitrogen and oxygen atoms in total. The Kier molecular flexibility index (Phi) is 7.66. The van der Waals surface area contributed by atoms with Crippen LogP contribution in [0.3, 0.4) is 0 Å². The molecule has 0 saturated heterocycles. The molecule has 1 atom stereocenters. The van der Waals surface area contributed by atoms with Crippen LogP contribution in [0.2, 0.25) is 10.0 Å². The molecule has 0 amide bonds. The van der Waals surface area contributed by atoms with E-state index in [9.17, 15) is 9.59 Å². The van der Waals surface area contributed by atoms with Gasteiger partial charge in [0, 0.05) is 25.4 Å². The quantitative estimate of drug-likeness (QED) is 0.576. The SMILES string of the molecule is COC(=O)OC1=C(C)NC(CCn2ccnc2)=C(OC(=O)OC)C1c1cccc(Cl)c1Cl. The maximum Gasteiger partial charge on any atom is 0.513 e. The zero-order valence-electron chi connectivity index (χ0n) is 17.6. The van der Waals surface area contributed by atoms with Crippen molar-refractivity contribution in [1.29, 1.82) is 0 Å². The monoisotopic (exact) mass is 481 g/mol. The maximum absolute atomic E-state index is 12.1. The molecule has 11 heteroatoms. The molecule has 1 N–H and O–H groups in total. The number of benzene rings is 1. The predicted molar refractivity (Wildman–Crippen MR) is 116 cm³/mol. The lowest BCUT2D eigenvalue weighted by Gasteiger charge is -2.31. The van der Waals surface area contributed by atoms with Crippen LogP contribution < -0.4 is 5.32 Å². The minimum atomic E-state index is -0.943. The summed E-state index contributed by atoms with van der Waals surface area (Å²) in [5, 5.41) is 3.66. The van der Waals surface area contributed by atoms with E-state index in [4.69, 9.17) is 37.4 Å². The van der Waals surface area contributed by atoms with Crippen LogP contribution in [-0.4, -0.2) is 36.1 Å². The van der Waals surface area contributed by atoms with Gasteiger partial charge in [-0.25, -0.2) is 14.6 Å². The smallest absolute Gasteiger partial charge is 0.437 e. The van der Waals surface area contributed by atoms with Gasteiger partial charge in [-0.05, 0) is 18.6 Å². The van der Waals surface area contributed by atoms with E-state index < -0.39 is 18.2 Å². The molecule has 170 valence electrons. The van der Waals surface area contributed by atoms with E-state index in [1.54, 1.807) is 37.6 Å². The third-order valence-corrected chi connectivity index (χ3v) is 5.55. The Morgan fingerprint density at radius 1 is 1.12 bits per heavy atom. The van der Waals surface area contributed by atoms with Gasteiger partial charge in [0.2, 0.25) is 0 Å². The number of allylic oxidation sites excluding steroid dienone is 2. The summed E-state index contributed by atoms with van der Waals surface area (Å²) in [7, 11) is 2.38. The van der Waals surface area contributed by atoms with Crippen molar-refractivity contribution >= 4 is 35.5 Å². The van der Waals surface area contributed by atoms with Gasteiger partial charge in [0.1, 0.15) is 17.4 Å². The molecule has 1 aliphatic rings. The number of rotatable bonds is 6. The predicted octanol–water partition coefficient (Wildman–Crippen LogP) is 4.98. The lowest BCUT2D eigenvalue weighted by atomic mass is 9.89. The van der Waals surface area contributed by atoms with Gasteiger partial charge in [-0.1, -0.05) is 35.3 Å². The number of aromatic nitrogens is 2. The number of carbonyl (C=O) groups is 2. The van der Waals surface area contributed by atoms with Crippen molar-refractivity contribution in [3.63, 3.8) is 0 Å². The largest absolute Gasteiger partial charge is 0.513 e. The highest BCUT2D eigenvalue weighted by atomic mass is 35.5. The highest BCUT2D eigenvalue weighted by Gasteiger charge is 2.37. The van der Waals surface area contributed by atoms with Crippen LogP contribution in [0.15, 0.2) is 59.8 Å². The molecule has 0 spiro atoms. The summed E-state index contributed by atoms with van der Waals surface area (Å²) < 4.78 is 22.2. The van der Waals surface area contributed by atoms with Crippen LogP contribution in [-0.2, 0) is 25.5 Å². The lowest BCUT2D eigenvalue weighted by Crippen LogP contribution is -2.30. The van der Waals surface area contributed by atoms with Crippen LogP contribution in [0.4, 0.5) is 9.59 Å². The first-order valence-electron chi connectivity index (χ1n) is 9.47. The molecule has 2 heterocycles. The van der Waals surface area contributed by atoms with Crippen molar-refractivity contribution in [3.8, 4) is 0 Å². The number of ether oxygens (including phenoxy) is 4. The van der Waals surface area contributed by atoms with Gasteiger partial charge in [-0.3, -0.25) is 0 Å². The third-order valence-electron chi connectivity index (χ3n) is 4.72. The summed E-state index contributed by atoms with van der Waals surface area (Å²) in [5.74, 6) is -0.574. The van der Waals surface area contributed by atoms with E-state index in [0.717, 1.165) is 0 Å². The van der Waals surface area contributed by atoms with Gasteiger partial charge in [-0.15, -0.1) is 0 Å². The first kappa shape index (κ1) is 23.5. The van der Waals surface area contributed by atoms with E-state index in [0.29, 0.717) is 29.9 Å². The van der Waals surface area contributed by atoms with Crippen LogP contribution in [0.25, 0.3) is 0 Å². The average Bonchev–Trinajstić information content (AvgIpc) is 3.30. The molecule has 32 heavy (non-hydrogen) atoms. The number of carbonyl (C=O) groups excluding carboxylic acids is 2. The van der Waals surface area contributed by atoms with E-state index in [1.165, 1.54) is 14.2 Å². The fraction of sp³-hybridized carbons (Fsp3) is 0.286. The van der Waals surface area contributed by atoms with E-state index in [2.05, 4.69) is 15.0 Å². The summed E-state index contributed by atoms with van der Waals surface area (Å²) in [6.45, 7) is 2.25. The topological polar surface area (TPSA) is 101 Å². The Bertz CT molecular complexity index is 1070. The number of dihydropyridines is 1. The second-order valence-electron chi connectivity index (χ2n) is 6.70. The lowest BCUT2D eigenvalue weighted by molar-refractivity contribution is 0.0782. The number of nitrogens with one attached hydrogen (secondary N) is 1. The van der Waals surface area contributed by atoms with Crippen LogP contribution in [0, 0.1) is 0 Å². The molecular formula is C21H21Cl2N3O6. The molecule has 0 aliphatic carbocycles. The Hall–Kier alpha value is -3.17. The minimum absolute atomic E-state index is 0.145. The Balaban J connectivity index is 2.13. The molecule has 1 aliphatic heterocycles. The van der Waals surface area contributed by atoms with Gasteiger partial charge >= 0.3 is 12.3 Å². The van der Waals surface area contributed by atoms with Crippen molar-refractivity contribution in [2.24, 2.45) is 0 Å². The van der Waals surface area contributed by atoms with E-state index in [-0.39, 0.29) is 21.6 Å². The van der Waals surface area contributed by atoms with Crippen LogP contribution in [0.5, 0.6) is 0 Å². The fourth-order valence-corrected chi connectivity index (χ4v) is 3.67. The summed E-state index contributed by atoms with van der Waals surface area (Å²) in [6, 6.07) is 5.01. The van der Waals surface area contributed by atoms with E-state index >= 15 is 0 Å². The number of methoxy groups -OCH3 is 2. The standard InChI is InChI=1S/C21H21Cl2N3O6/c1-12-18(31-20(27)29-2)16(13-5-4-6-14(22)17(13)23)19(32-21(28)30-3)15(25-12)7-9-26-10-8-24-11-26/h4-6,8,10-11,16,25H,7,9H2,1-3H3. The molecule has 0 bridgehead atoms. The van der Waals surface area contributed by atoms with Crippen molar-refractivity contribution in [3.05, 3.63) is 75.4 Å². The molecule has 0 saturated carbocycles. The average molecular weight is 482 g/mol. The van der Waals surface area contributed by atoms with Crippen molar-refractivity contribution in [1.82, 2.24) is 14.9 Å². The number of aryl methyl sites for hydroxylation is 1. The number of hydrogen-bond donors (Lipinski definition) is 1. The first-order valence-corrected chi connectivity index (χ1v) is 10.2. The zero-order chi connectivity index (χ0) is 23.3. The molecule has 1 unspecified atom stereocenters. The van der Waals surface area contributed by atoms with Gasteiger partial charge in [0.25, 0.3) is 0 Å². The third kappa shape index (κ3) is 5.17. The van der Waals surface area contributed by atoms with Crippen LogP contribution >= 0.6 is 23.2 Å². The van der Waals surface area contributed by atoms with Gasteiger partial charge in [0.15, 0.2) is 0 Å². The van der Waals surface area contributed by atoms with Gasteiger partial charge < -0.3 is 28.8 Å². The van der Waals surface area contributed by atoms with Crippen molar-refractivity contribution < 1.29 is 28.5 Å². The molecule has 2 aromatic rings. The number of nitrogens with zero attached hydrogens (tertiary/aromatic N) is 2. The Morgan fingerprint density at radius 2 is 1.81 bits per heavy atom. The second kappa shape index (κ2) is 10.4. The Labute approximate surface area is 194 Å². The molecule has 0 radical (unpaired) electrons. The first-order chi connectivity index (χ1) is 15.3. The summed E-state index contributed by atoms with van der Waals surface area (Å²) in [6.07, 6.45) is 3.69. The summed E-state index contributed by atoms with van der Waals surface area (Å²) >= 11 is 12.7. The fourth-order valence-electron chi connectivity index (χ4n) is 3.25. The number of imidazole rings is 1. The number of hydrogen-bond acceptors (Lipinski definition) is 8. The van der Waals surface area contributed by atoms with E-state index in [1.807, 2.05) is 10.8 Å². The molecule has 1 aromatic heterocycles. The van der Waals surface area contributed by atoms with Crippen molar-refractivity contribution in [2.75, 3.05) is 14.2 Å². The minimum Gasteiger partial charge on any atom is -0.437 e. The molecule has 0 fully saturated rings. The zero-order valence-corrected chi connectivity index (χ0v) is 19.1. The molecular weight excluding hydrogens is 461 g/mol. The van der Waals surface area contributed by atoms with Crippen molar-refractivity contribution in [2.45, 2.75) is 25.8 Å². The Morgan fingerprint density at radius 3 is 2.44 bits per heavy atom.